The summed E-state index contributed by atoms with van der Waals surface area (Å²) in [4.78, 5) is 17.3. The predicted octanol–water partition coefficient (Wildman–Crippen LogP) is 3.94. The average molecular weight is 368 g/mol. The first kappa shape index (κ1) is 17.0. The summed E-state index contributed by atoms with van der Waals surface area (Å²) >= 11 is 1.56. The highest BCUT2D eigenvalue weighted by Crippen LogP contribution is 2.38. The molecule has 2 heterocycles. The average Bonchev–Trinajstić information content (AvgIpc) is 3.38. The topological polar surface area (TPSA) is 69.9 Å². The third-order valence-electron chi connectivity index (χ3n) is 4.53. The Morgan fingerprint density at radius 2 is 2.15 bits per heavy atom. The quantitative estimate of drug-likeness (QED) is 0.485. The standard InChI is InChI=1S/C19H20N4O2S/c1-3-25-18(24)17-12(2)14-6-4-5-7-15(14)21-16(17)10-26-19-22-20-11-23(19)13-8-9-13/h4-7,11,13H,3,8-10H2,1-2H3. The van der Waals surface area contributed by atoms with Crippen LogP contribution in [0, 0.1) is 6.92 Å². The fraction of sp³-hybridized carbons (Fsp3) is 0.368. The number of carbonyl (C=O) groups excluding carboxylic acids is 1. The molecule has 1 aliphatic rings. The molecule has 0 spiro atoms. The first-order chi connectivity index (χ1) is 12.7. The number of rotatable bonds is 6. The lowest BCUT2D eigenvalue weighted by atomic mass is 10.0. The van der Waals surface area contributed by atoms with Gasteiger partial charge in [0.1, 0.15) is 6.33 Å². The molecular formula is C19H20N4O2S. The van der Waals surface area contributed by atoms with E-state index in [-0.39, 0.29) is 5.97 Å². The summed E-state index contributed by atoms with van der Waals surface area (Å²) in [6.07, 6.45) is 4.13. The van der Waals surface area contributed by atoms with Crippen LogP contribution in [-0.2, 0) is 10.5 Å². The van der Waals surface area contributed by atoms with Crippen molar-refractivity contribution in [1.82, 2.24) is 19.7 Å². The highest BCUT2D eigenvalue weighted by atomic mass is 32.2. The molecule has 1 aromatic carbocycles. The molecule has 134 valence electrons. The van der Waals surface area contributed by atoms with Crippen LogP contribution in [-0.4, -0.2) is 32.3 Å². The molecule has 0 saturated heterocycles. The van der Waals surface area contributed by atoms with Crippen molar-refractivity contribution < 1.29 is 9.53 Å². The Morgan fingerprint density at radius 1 is 1.35 bits per heavy atom. The third-order valence-corrected chi connectivity index (χ3v) is 5.49. The molecule has 0 N–H and O–H groups in total. The number of benzene rings is 1. The SMILES string of the molecule is CCOC(=O)c1c(CSc2nncn2C2CC2)nc2ccccc2c1C. The van der Waals surface area contributed by atoms with E-state index in [2.05, 4.69) is 14.8 Å². The van der Waals surface area contributed by atoms with E-state index in [1.54, 1.807) is 18.1 Å². The van der Waals surface area contributed by atoms with Gasteiger partial charge in [-0.1, -0.05) is 30.0 Å². The lowest BCUT2D eigenvalue weighted by Gasteiger charge is -2.13. The lowest BCUT2D eigenvalue weighted by molar-refractivity contribution is 0.0524. The van der Waals surface area contributed by atoms with E-state index in [0.717, 1.165) is 27.3 Å². The van der Waals surface area contributed by atoms with Crippen LogP contribution in [0.4, 0.5) is 0 Å². The number of carbonyl (C=O) groups is 1. The van der Waals surface area contributed by atoms with Crippen LogP contribution < -0.4 is 0 Å². The van der Waals surface area contributed by atoms with E-state index in [9.17, 15) is 4.79 Å². The van der Waals surface area contributed by atoms with Gasteiger partial charge < -0.3 is 9.30 Å². The minimum Gasteiger partial charge on any atom is -0.462 e. The van der Waals surface area contributed by atoms with E-state index in [0.29, 0.717) is 24.0 Å². The molecule has 0 bridgehead atoms. The molecule has 1 saturated carbocycles. The predicted molar refractivity (Wildman–Crippen MR) is 100 cm³/mol. The molecule has 1 fully saturated rings. The van der Waals surface area contributed by atoms with Crippen LogP contribution in [0.5, 0.6) is 0 Å². The summed E-state index contributed by atoms with van der Waals surface area (Å²) in [5.41, 5.74) is 3.09. The van der Waals surface area contributed by atoms with Crippen molar-refractivity contribution in [2.24, 2.45) is 0 Å². The van der Waals surface area contributed by atoms with E-state index < -0.39 is 0 Å². The van der Waals surface area contributed by atoms with Gasteiger partial charge in [0.05, 0.1) is 23.4 Å². The second kappa shape index (κ2) is 7.07. The molecule has 7 heteroatoms. The van der Waals surface area contributed by atoms with E-state index in [1.165, 1.54) is 12.8 Å². The third kappa shape index (κ3) is 3.19. The van der Waals surface area contributed by atoms with Crippen molar-refractivity contribution in [2.75, 3.05) is 6.61 Å². The number of aryl methyl sites for hydroxylation is 1. The van der Waals surface area contributed by atoms with E-state index in [4.69, 9.17) is 9.72 Å². The molecular weight excluding hydrogens is 348 g/mol. The molecule has 6 nitrogen and oxygen atoms in total. The number of nitrogens with zero attached hydrogens (tertiary/aromatic N) is 4. The monoisotopic (exact) mass is 368 g/mol. The fourth-order valence-corrected chi connectivity index (χ4v) is 4.02. The maximum Gasteiger partial charge on any atom is 0.340 e. The van der Waals surface area contributed by atoms with Crippen molar-refractivity contribution in [1.29, 1.82) is 0 Å². The zero-order valence-corrected chi connectivity index (χ0v) is 15.6. The summed E-state index contributed by atoms with van der Waals surface area (Å²) in [6.45, 7) is 4.11. The lowest BCUT2D eigenvalue weighted by Crippen LogP contribution is -2.12. The number of para-hydroxylation sites is 1. The Balaban J connectivity index is 1.71. The van der Waals surface area contributed by atoms with Gasteiger partial charge in [0.25, 0.3) is 0 Å². The molecule has 1 aliphatic carbocycles. The number of aromatic nitrogens is 4. The van der Waals surface area contributed by atoms with E-state index >= 15 is 0 Å². The minimum absolute atomic E-state index is 0.317. The minimum atomic E-state index is -0.317. The van der Waals surface area contributed by atoms with Gasteiger partial charge in [-0.2, -0.15) is 0 Å². The maximum absolute atomic E-state index is 12.6. The first-order valence-corrected chi connectivity index (χ1v) is 9.75. The smallest absolute Gasteiger partial charge is 0.340 e. The summed E-state index contributed by atoms with van der Waals surface area (Å²) in [5, 5.41) is 10.1. The van der Waals surface area contributed by atoms with Crippen molar-refractivity contribution in [3.05, 3.63) is 47.4 Å². The highest BCUT2D eigenvalue weighted by molar-refractivity contribution is 7.98. The molecule has 2 aromatic heterocycles. The Bertz CT molecular complexity index is 965. The van der Waals surface area contributed by atoms with Gasteiger partial charge in [0, 0.05) is 17.2 Å². The normalized spacial score (nSPS) is 13.9. The van der Waals surface area contributed by atoms with Crippen LogP contribution in [0.2, 0.25) is 0 Å². The Hall–Kier alpha value is -2.41. The molecule has 0 radical (unpaired) electrons. The van der Waals surface area contributed by atoms with Crippen molar-refractivity contribution >= 4 is 28.6 Å². The van der Waals surface area contributed by atoms with Gasteiger partial charge in [-0.25, -0.2) is 4.79 Å². The van der Waals surface area contributed by atoms with Crippen LogP contribution in [0.3, 0.4) is 0 Å². The molecule has 3 aromatic rings. The van der Waals surface area contributed by atoms with Gasteiger partial charge in [-0.15, -0.1) is 10.2 Å². The fourth-order valence-electron chi connectivity index (χ4n) is 3.09. The van der Waals surface area contributed by atoms with E-state index in [1.807, 2.05) is 38.1 Å². The van der Waals surface area contributed by atoms with Gasteiger partial charge in [0.2, 0.25) is 0 Å². The van der Waals surface area contributed by atoms with Gasteiger partial charge in [-0.05, 0) is 38.3 Å². The highest BCUT2D eigenvalue weighted by Gasteiger charge is 2.27. The Labute approximate surface area is 156 Å². The number of thioether (sulfide) groups is 1. The molecule has 4 rings (SSSR count). The molecule has 0 aliphatic heterocycles. The van der Waals surface area contributed by atoms with Gasteiger partial charge in [0.15, 0.2) is 5.16 Å². The number of hydrogen-bond acceptors (Lipinski definition) is 6. The summed E-state index contributed by atoms with van der Waals surface area (Å²) in [5.74, 6) is 0.230. The Kier molecular flexibility index (Phi) is 4.63. The second-order valence-electron chi connectivity index (χ2n) is 6.34. The summed E-state index contributed by atoms with van der Waals surface area (Å²) in [6, 6.07) is 8.39. The molecule has 0 atom stereocenters. The van der Waals surface area contributed by atoms with Crippen molar-refractivity contribution in [3.8, 4) is 0 Å². The number of pyridine rings is 1. The van der Waals surface area contributed by atoms with Crippen LogP contribution in [0.1, 0.15) is 47.4 Å². The first-order valence-electron chi connectivity index (χ1n) is 8.76. The Morgan fingerprint density at radius 3 is 2.92 bits per heavy atom. The molecule has 26 heavy (non-hydrogen) atoms. The van der Waals surface area contributed by atoms with Crippen molar-refractivity contribution in [2.45, 2.75) is 43.6 Å². The number of esters is 1. The summed E-state index contributed by atoms with van der Waals surface area (Å²) < 4.78 is 7.40. The maximum atomic E-state index is 12.6. The second-order valence-corrected chi connectivity index (χ2v) is 7.28. The number of hydrogen-bond donors (Lipinski definition) is 0. The zero-order valence-electron chi connectivity index (χ0n) is 14.8. The molecule has 0 unspecified atom stereocenters. The van der Waals surface area contributed by atoms with Gasteiger partial charge >= 0.3 is 5.97 Å². The number of fused-ring (bicyclic) bond motifs is 1. The number of ether oxygens (including phenoxy) is 1. The molecule has 0 amide bonds. The van der Waals surface area contributed by atoms with Crippen LogP contribution in [0.15, 0.2) is 35.7 Å². The summed E-state index contributed by atoms with van der Waals surface area (Å²) in [7, 11) is 0. The largest absolute Gasteiger partial charge is 0.462 e. The van der Waals surface area contributed by atoms with Crippen LogP contribution in [0.25, 0.3) is 10.9 Å². The zero-order chi connectivity index (χ0) is 18.1. The van der Waals surface area contributed by atoms with Crippen LogP contribution >= 0.6 is 11.8 Å². The van der Waals surface area contributed by atoms with Crippen molar-refractivity contribution in [3.63, 3.8) is 0 Å². The van der Waals surface area contributed by atoms with Gasteiger partial charge in [-0.3, -0.25) is 4.98 Å².